The largest absolute Gasteiger partial charge is 0.497 e. The van der Waals surface area contributed by atoms with Crippen LogP contribution in [-0.4, -0.2) is 61.7 Å². The maximum Gasteiger partial charge on any atom is 0.252 e. The van der Waals surface area contributed by atoms with E-state index < -0.39 is 6.04 Å². The van der Waals surface area contributed by atoms with Crippen molar-refractivity contribution < 1.29 is 28.8 Å². The number of nitrogens with one attached hydrogen (secondary N) is 1. The van der Waals surface area contributed by atoms with Crippen molar-refractivity contribution in [1.29, 1.82) is 0 Å². The third-order valence-electron chi connectivity index (χ3n) is 8.37. The summed E-state index contributed by atoms with van der Waals surface area (Å²) in [5.74, 6) is 1.70. The fourth-order valence-corrected chi connectivity index (χ4v) is 5.97. The number of ether oxygens (including phenoxy) is 4. The first-order valence-corrected chi connectivity index (χ1v) is 15.7. The van der Waals surface area contributed by atoms with E-state index in [0.29, 0.717) is 57.1 Å². The molecule has 0 aliphatic heterocycles. The molecule has 2 heterocycles. The smallest absolute Gasteiger partial charge is 0.252 e. The minimum Gasteiger partial charge on any atom is -0.497 e. The highest BCUT2D eigenvalue weighted by Gasteiger charge is 2.22. The number of aliphatic hydroxyl groups is 1. The summed E-state index contributed by atoms with van der Waals surface area (Å²) in [4.78, 5) is 18.9. The highest BCUT2D eigenvalue weighted by atomic mass is 16.5. The number of aliphatic hydroxyl groups excluding tert-OH is 1. The number of nitrogens with zero attached hydrogens (tertiary/aromatic N) is 2. The minimum absolute atomic E-state index is 0.214. The molecule has 1 atom stereocenters. The average Bonchev–Trinajstić information content (AvgIpc) is 3.44. The van der Waals surface area contributed by atoms with Gasteiger partial charge in [0.15, 0.2) is 11.5 Å². The second kappa shape index (κ2) is 15.0. The van der Waals surface area contributed by atoms with E-state index in [1.165, 1.54) is 24.8 Å². The van der Waals surface area contributed by atoms with Gasteiger partial charge < -0.3 is 33.9 Å². The first-order valence-electron chi connectivity index (χ1n) is 15.7. The predicted molar refractivity (Wildman–Crippen MR) is 182 cm³/mol. The summed E-state index contributed by atoms with van der Waals surface area (Å²) in [6.45, 7) is 2.94. The van der Waals surface area contributed by atoms with Gasteiger partial charge in [0.1, 0.15) is 5.75 Å². The van der Waals surface area contributed by atoms with Crippen LogP contribution >= 0.6 is 0 Å². The third kappa shape index (κ3) is 6.89. The molecule has 242 valence electrons. The second-order valence-corrected chi connectivity index (χ2v) is 11.3. The van der Waals surface area contributed by atoms with Gasteiger partial charge in [0.2, 0.25) is 5.75 Å². The zero-order valence-corrected chi connectivity index (χ0v) is 27.3. The number of hydrogen-bond acceptors (Lipinski definition) is 7. The fourth-order valence-electron chi connectivity index (χ4n) is 5.97. The van der Waals surface area contributed by atoms with Crippen molar-refractivity contribution in [3.63, 3.8) is 0 Å². The molecule has 46 heavy (non-hydrogen) atoms. The van der Waals surface area contributed by atoms with Crippen LogP contribution in [0.5, 0.6) is 23.0 Å². The van der Waals surface area contributed by atoms with Crippen LogP contribution in [0, 0.1) is 0 Å². The molecule has 0 radical (unpaired) electrons. The SMILES string of the molecule is CCCCCCn1cc(C[C@H](CO)NC(=O)c2cc(-c3cc(OC)c(OC)c(OC)c3)nc3ccc(OC)cc23)c2ccccc21. The molecule has 0 bridgehead atoms. The fraction of sp³-hybridized carbons (Fsp3) is 0.351. The summed E-state index contributed by atoms with van der Waals surface area (Å²) >= 11 is 0. The number of aryl methyl sites for hydroxylation is 1. The van der Waals surface area contributed by atoms with E-state index in [2.05, 4.69) is 35.1 Å². The van der Waals surface area contributed by atoms with Crippen LogP contribution in [0.2, 0.25) is 0 Å². The molecule has 0 unspecified atom stereocenters. The van der Waals surface area contributed by atoms with Gasteiger partial charge in [-0.05, 0) is 60.9 Å². The third-order valence-corrected chi connectivity index (χ3v) is 8.37. The number of carbonyl (C=O) groups is 1. The number of aromatic nitrogens is 2. The molecular weight excluding hydrogens is 582 g/mol. The molecule has 2 N–H and O–H groups in total. The lowest BCUT2D eigenvalue weighted by molar-refractivity contribution is 0.0918. The standard InChI is InChI=1S/C37H43N3O6/c1-6-7-8-11-16-40-22-25(28-12-9-10-13-33(28)40)17-26(23-41)38-37(42)30-21-32(39-31-15-14-27(43-2)20-29(30)31)24-18-34(44-3)36(46-5)35(19-24)45-4/h9-10,12-15,18-22,26,41H,6-8,11,16-17,23H2,1-5H3,(H,38,42)/t26-/m1/s1. The molecule has 5 aromatic rings. The first-order chi connectivity index (χ1) is 22.4. The van der Waals surface area contributed by atoms with Crippen molar-refractivity contribution in [1.82, 2.24) is 14.9 Å². The number of amides is 1. The van der Waals surface area contributed by atoms with Gasteiger partial charge in [0.05, 0.1) is 57.9 Å². The van der Waals surface area contributed by atoms with Crippen molar-refractivity contribution in [2.45, 2.75) is 51.6 Å². The van der Waals surface area contributed by atoms with Crippen LogP contribution < -0.4 is 24.3 Å². The topological polar surface area (TPSA) is 104 Å². The lowest BCUT2D eigenvalue weighted by Crippen LogP contribution is -2.39. The Kier molecular flexibility index (Phi) is 10.6. The number of unbranched alkanes of at least 4 members (excludes halogenated alkanes) is 3. The second-order valence-electron chi connectivity index (χ2n) is 11.3. The number of pyridine rings is 1. The van der Waals surface area contributed by atoms with Crippen molar-refractivity contribution in [2.24, 2.45) is 0 Å². The normalized spacial score (nSPS) is 11.9. The predicted octanol–water partition coefficient (Wildman–Crippen LogP) is 6.80. The van der Waals surface area contributed by atoms with Gasteiger partial charge in [-0.15, -0.1) is 0 Å². The number of para-hydroxylation sites is 1. The average molecular weight is 626 g/mol. The Bertz CT molecular complexity index is 1790. The highest BCUT2D eigenvalue weighted by Crippen LogP contribution is 2.41. The maximum absolute atomic E-state index is 14.1. The van der Waals surface area contributed by atoms with Crippen LogP contribution in [0.25, 0.3) is 33.1 Å². The monoisotopic (exact) mass is 625 g/mol. The van der Waals surface area contributed by atoms with E-state index in [1.807, 2.05) is 24.3 Å². The van der Waals surface area contributed by atoms with Crippen LogP contribution in [0.3, 0.4) is 0 Å². The van der Waals surface area contributed by atoms with Crippen LogP contribution in [0.1, 0.15) is 48.5 Å². The van der Waals surface area contributed by atoms with E-state index in [9.17, 15) is 9.90 Å². The molecule has 0 aliphatic rings. The quantitative estimate of drug-likeness (QED) is 0.123. The zero-order valence-electron chi connectivity index (χ0n) is 27.3. The van der Waals surface area contributed by atoms with Crippen molar-refractivity contribution in [2.75, 3.05) is 35.0 Å². The number of fused-ring (bicyclic) bond motifs is 2. The summed E-state index contributed by atoms with van der Waals surface area (Å²) in [5, 5.41) is 15.3. The van der Waals surface area contributed by atoms with Gasteiger partial charge in [-0.3, -0.25) is 4.79 Å². The van der Waals surface area contributed by atoms with E-state index in [0.717, 1.165) is 23.9 Å². The Hall–Kier alpha value is -4.76. The van der Waals surface area contributed by atoms with Gasteiger partial charge in [0, 0.05) is 34.6 Å². The van der Waals surface area contributed by atoms with Crippen LogP contribution in [-0.2, 0) is 13.0 Å². The summed E-state index contributed by atoms with van der Waals surface area (Å²) in [7, 11) is 6.24. The van der Waals surface area contributed by atoms with Gasteiger partial charge in [-0.2, -0.15) is 0 Å². The number of carbonyl (C=O) groups excluding carboxylic acids is 1. The molecule has 5 rings (SSSR count). The molecule has 1 amide bonds. The van der Waals surface area contributed by atoms with E-state index in [4.69, 9.17) is 23.9 Å². The summed E-state index contributed by atoms with van der Waals surface area (Å²) in [5.41, 5.74) is 4.51. The molecule has 0 aliphatic carbocycles. The molecular formula is C37H43N3O6. The summed E-state index contributed by atoms with van der Waals surface area (Å²) < 4.78 is 24.4. The molecule has 3 aromatic carbocycles. The first kappa shape index (κ1) is 32.6. The Labute approximate surface area is 270 Å². The zero-order chi connectivity index (χ0) is 32.6. The van der Waals surface area contributed by atoms with Crippen molar-refractivity contribution in [3.05, 3.63) is 78.0 Å². The van der Waals surface area contributed by atoms with E-state index in [1.54, 1.807) is 52.7 Å². The molecule has 9 heteroatoms. The molecule has 2 aromatic heterocycles. The van der Waals surface area contributed by atoms with E-state index >= 15 is 0 Å². The summed E-state index contributed by atoms with van der Waals surface area (Å²) in [6, 6.07) is 18.6. The Balaban J connectivity index is 1.49. The maximum atomic E-state index is 14.1. The molecule has 9 nitrogen and oxygen atoms in total. The molecule has 0 spiro atoms. The number of methoxy groups -OCH3 is 4. The summed E-state index contributed by atoms with van der Waals surface area (Å²) in [6.07, 6.45) is 7.37. The number of benzene rings is 3. The molecule has 0 saturated carbocycles. The number of hydrogen-bond donors (Lipinski definition) is 2. The highest BCUT2D eigenvalue weighted by molar-refractivity contribution is 6.07. The number of rotatable bonds is 15. The lowest BCUT2D eigenvalue weighted by Gasteiger charge is -2.18. The van der Waals surface area contributed by atoms with Crippen molar-refractivity contribution in [3.8, 4) is 34.3 Å². The lowest BCUT2D eigenvalue weighted by atomic mass is 10.0. The van der Waals surface area contributed by atoms with Gasteiger partial charge >= 0.3 is 0 Å². The van der Waals surface area contributed by atoms with Gasteiger partial charge in [-0.1, -0.05) is 44.4 Å². The minimum atomic E-state index is -0.509. The molecule has 0 saturated heterocycles. The van der Waals surface area contributed by atoms with E-state index in [-0.39, 0.29) is 12.5 Å². The molecule has 0 fully saturated rings. The van der Waals surface area contributed by atoms with Crippen molar-refractivity contribution >= 4 is 27.7 Å². The Morgan fingerprint density at radius 3 is 2.33 bits per heavy atom. The van der Waals surface area contributed by atoms with Gasteiger partial charge in [0.25, 0.3) is 5.91 Å². The Morgan fingerprint density at radius 2 is 1.65 bits per heavy atom. The Morgan fingerprint density at radius 1 is 0.891 bits per heavy atom. The van der Waals surface area contributed by atoms with Crippen LogP contribution in [0.15, 0.2) is 66.9 Å². The van der Waals surface area contributed by atoms with Gasteiger partial charge in [-0.25, -0.2) is 4.98 Å². The van der Waals surface area contributed by atoms with Crippen LogP contribution in [0.4, 0.5) is 0 Å².